The Balaban J connectivity index is 1.69. The van der Waals surface area contributed by atoms with Gasteiger partial charge in [0.1, 0.15) is 5.75 Å². The van der Waals surface area contributed by atoms with Crippen LogP contribution in [0.1, 0.15) is 47.7 Å². The number of nitrogens with one attached hydrogen (secondary N) is 1. The molecule has 6 heteroatoms. The molecule has 2 atom stereocenters. The van der Waals surface area contributed by atoms with Gasteiger partial charge in [0.25, 0.3) is 5.91 Å². The molecule has 1 fully saturated rings. The molecule has 0 bridgehead atoms. The lowest BCUT2D eigenvalue weighted by Gasteiger charge is -2.12. The molecule has 26 heavy (non-hydrogen) atoms. The van der Waals surface area contributed by atoms with Gasteiger partial charge < -0.3 is 10.1 Å². The summed E-state index contributed by atoms with van der Waals surface area (Å²) < 4.78 is 7.31. The standard InChI is InChI=1S/C20H25N3O3/c1-12(2)9-21-19(24)17-7-13(3)5-6-18(17)26-20(25)16-8-15(16)14-10-22-23(4)11-14/h5-7,10-12,15-16H,8-9H2,1-4H3,(H,21,24). The molecule has 0 radical (unpaired) electrons. The Morgan fingerprint density at radius 3 is 2.81 bits per heavy atom. The van der Waals surface area contributed by atoms with Crippen LogP contribution in [0.3, 0.4) is 0 Å². The summed E-state index contributed by atoms with van der Waals surface area (Å²) >= 11 is 0. The maximum atomic E-state index is 12.5. The minimum absolute atomic E-state index is 0.153. The van der Waals surface area contributed by atoms with Gasteiger partial charge in [-0.05, 0) is 37.0 Å². The first-order chi connectivity index (χ1) is 12.3. The average molecular weight is 355 g/mol. The molecule has 0 spiro atoms. The number of hydrogen-bond donors (Lipinski definition) is 1. The van der Waals surface area contributed by atoms with E-state index in [0.29, 0.717) is 23.8 Å². The number of rotatable bonds is 6. The van der Waals surface area contributed by atoms with E-state index in [-0.39, 0.29) is 23.7 Å². The number of amides is 1. The molecule has 6 nitrogen and oxygen atoms in total. The van der Waals surface area contributed by atoms with Crippen LogP contribution in [0.25, 0.3) is 0 Å². The van der Waals surface area contributed by atoms with Crippen molar-refractivity contribution < 1.29 is 14.3 Å². The zero-order valence-corrected chi connectivity index (χ0v) is 15.7. The molecular weight excluding hydrogens is 330 g/mol. The van der Waals surface area contributed by atoms with Gasteiger partial charge in [-0.3, -0.25) is 14.3 Å². The van der Waals surface area contributed by atoms with Gasteiger partial charge in [0.2, 0.25) is 0 Å². The van der Waals surface area contributed by atoms with E-state index in [1.807, 2.05) is 40.1 Å². The van der Waals surface area contributed by atoms with Gasteiger partial charge in [-0.2, -0.15) is 5.10 Å². The van der Waals surface area contributed by atoms with E-state index in [4.69, 9.17) is 4.74 Å². The molecule has 1 aliphatic rings. The third-order valence-corrected chi connectivity index (χ3v) is 4.51. The summed E-state index contributed by atoms with van der Waals surface area (Å²) in [4.78, 5) is 25.0. The average Bonchev–Trinajstić information content (AvgIpc) is 3.28. The van der Waals surface area contributed by atoms with Gasteiger partial charge in [-0.25, -0.2) is 0 Å². The Morgan fingerprint density at radius 2 is 2.15 bits per heavy atom. The number of carbonyl (C=O) groups is 2. The lowest BCUT2D eigenvalue weighted by atomic mass is 10.1. The van der Waals surface area contributed by atoms with Gasteiger partial charge in [-0.1, -0.05) is 25.5 Å². The molecule has 1 heterocycles. The highest BCUT2D eigenvalue weighted by Crippen LogP contribution is 2.48. The summed E-state index contributed by atoms with van der Waals surface area (Å²) in [6.45, 7) is 6.54. The molecule has 1 N–H and O–H groups in total. The third-order valence-electron chi connectivity index (χ3n) is 4.51. The number of esters is 1. The molecule has 0 aliphatic heterocycles. The van der Waals surface area contributed by atoms with Gasteiger partial charge in [0, 0.05) is 25.7 Å². The van der Waals surface area contributed by atoms with E-state index in [1.165, 1.54) is 0 Å². The number of benzene rings is 1. The van der Waals surface area contributed by atoms with Crippen molar-refractivity contribution in [3.8, 4) is 5.75 Å². The normalized spacial score (nSPS) is 18.7. The van der Waals surface area contributed by atoms with Crippen molar-refractivity contribution in [2.45, 2.75) is 33.1 Å². The van der Waals surface area contributed by atoms with Crippen molar-refractivity contribution in [2.75, 3.05) is 6.54 Å². The van der Waals surface area contributed by atoms with Crippen LogP contribution in [-0.2, 0) is 11.8 Å². The summed E-state index contributed by atoms with van der Waals surface area (Å²) in [7, 11) is 1.85. The van der Waals surface area contributed by atoms with Crippen molar-refractivity contribution >= 4 is 11.9 Å². The summed E-state index contributed by atoms with van der Waals surface area (Å²) in [5, 5.41) is 7.03. The quantitative estimate of drug-likeness (QED) is 0.639. The molecule has 1 aliphatic carbocycles. The number of carbonyl (C=O) groups excluding carboxylic acids is 2. The second-order valence-corrected chi connectivity index (χ2v) is 7.42. The van der Waals surface area contributed by atoms with Crippen molar-refractivity contribution in [3.05, 3.63) is 47.3 Å². The van der Waals surface area contributed by atoms with E-state index >= 15 is 0 Å². The largest absolute Gasteiger partial charge is 0.425 e. The van der Waals surface area contributed by atoms with Crippen LogP contribution in [0, 0.1) is 18.8 Å². The Hall–Kier alpha value is -2.63. The smallest absolute Gasteiger partial charge is 0.314 e. The van der Waals surface area contributed by atoms with Crippen molar-refractivity contribution in [1.82, 2.24) is 15.1 Å². The minimum atomic E-state index is -0.291. The summed E-state index contributed by atoms with van der Waals surface area (Å²) in [5.74, 6) is 0.137. The van der Waals surface area contributed by atoms with Crippen LogP contribution in [0.5, 0.6) is 5.75 Å². The van der Waals surface area contributed by atoms with Gasteiger partial charge >= 0.3 is 5.97 Å². The molecule has 1 aromatic heterocycles. The molecule has 2 unspecified atom stereocenters. The second kappa shape index (κ2) is 7.32. The van der Waals surface area contributed by atoms with E-state index < -0.39 is 0 Å². The fraction of sp³-hybridized carbons (Fsp3) is 0.450. The number of aromatic nitrogens is 2. The molecule has 2 aromatic rings. The fourth-order valence-corrected chi connectivity index (χ4v) is 2.94. The van der Waals surface area contributed by atoms with E-state index in [9.17, 15) is 9.59 Å². The first kappa shape index (κ1) is 18.2. The van der Waals surface area contributed by atoms with E-state index in [1.54, 1.807) is 23.0 Å². The SMILES string of the molecule is Cc1ccc(OC(=O)C2CC2c2cnn(C)c2)c(C(=O)NCC(C)C)c1. The molecule has 1 saturated carbocycles. The Labute approximate surface area is 153 Å². The van der Waals surface area contributed by atoms with Crippen LogP contribution >= 0.6 is 0 Å². The van der Waals surface area contributed by atoms with Crippen LogP contribution in [0.15, 0.2) is 30.6 Å². The van der Waals surface area contributed by atoms with Gasteiger partial charge in [0.15, 0.2) is 0 Å². The second-order valence-electron chi connectivity index (χ2n) is 7.42. The highest BCUT2D eigenvalue weighted by Gasteiger charge is 2.46. The van der Waals surface area contributed by atoms with Crippen LogP contribution < -0.4 is 10.1 Å². The van der Waals surface area contributed by atoms with Crippen LogP contribution in [0.4, 0.5) is 0 Å². The summed E-state index contributed by atoms with van der Waals surface area (Å²) in [5.41, 5.74) is 2.39. The number of ether oxygens (including phenoxy) is 1. The van der Waals surface area contributed by atoms with Gasteiger partial charge in [-0.15, -0.1) is 0 Å². The van der Waals surface area contributed by atoms with Crippen molar-refractivity contribution in [3.63, 3.8) is 0 Å². The molecule has 0 saturated heterocycles. The molecular formula is C20H25N3O3. The molecule has 1 amide bonds. The van der Waals surface area contributed by atoms with Crippen LogP contribution in [-0.4, -0.2) is 28.2 Å². The Morgan fingerprint density at radius 1 is 1.38 bits per heavy atom. The maximum absolute atomic E-state index is 12.5. The van der Waals surface area contributed by atoms with E-state index in [0.717, 1.165) is 17.5 Å². The van der Waals surface area contributed by atoms with Gasteiger partial charge in [0.05, 0.1) is 17.7 Å². The zero-order chi connectivity index (χ0) is 18.8. The Kier molecular flexibility index (Phi) is 5.11. The molecule has 138 valence electrons. The first-order valence-corrected chi connectivity index (χ1v) is 8.94. The minimum Gasteiger partial charge on any atom is -0.425 e. The summed E-state index contributed by atoms with van der Waals surface area (Å²) in [6.07, 6.45) is 4.47. The van der Waals surface area contributed by atoms with Crippen molar-refractivity contribution in [2.24, 2.45) is 18.9 Å². The fourth-order valence-electron chi connectivity index (χ4n) is 2.94. The molecule has 3 rings (SSSR count). The first-order valence-electron chi connectivity index (χ1n) is 8.94. The lowest BCUT2D eigenvalue weighted by Crippen LogP contribution is -2.28. The predicted molar refractivity (Wildman–Crippen MR) is 98.0 cm³/mol. The van der Waals surface area contributed by atoms with Crippen LogP contribution in [0.2, 0.25) is 0 Å². The molecule has 1 aromatic carbocycles. The zero-order valence-electron chi connectivity index (χ0n) is 15.7. The number of nitrogens with zero attached hydrogens (tertiary/aromatic N) is 2. The predicted octanol–water partition coefficient (Wildman–Crippen LogP) is 2.82. The highest BCUT2D eigenvalue weighted by molar-refractivity contribution is 5.98. The van der Waals surface area contributed by atoms with Crippen molar-refractivity contribution in [1.29, 1.82) is 0 Å². The number of aryl methyl sites for hydroxylation is 2. The highest BCUT2D eigenvalue weighted by atomic mass is 16.5. The monoisotopic (exact) mass is 355 g/mol. The summed E-state index contributed by atoms with van der Waals surface area (Å²) in [6, 6.07) is 5.29. The number of hydrogen-bond acceptors (Lipinski definition) is 4. The third kappa shape index (κ3) is 4.12. The van der Waals surface area contributed by atoms with E-state index in [2.05, 4.69) is 10.4 Å². The Bertz CT molecular complexity index is 825. The maximum Gasteiger partial charge on any atom is 0.314 e. The lowest BCUT2D eigenvalue weighted by molar-refractivity contribution is -0.135. The topological polar surface area (TPSA) is 73.2 Å².